The molecule has 6 aliphatic rings. The molecule has 2 fully saturated rings. The molecule has 0 radical (unpaired) electrons. The van der Waals surface area contributed by atoms with E-state index in [4.69, 9.17) is 0 Å². The lowest BCUT2D eigenvalue weighted by molar-refractivity contribution is -0.105. The first kappa shape index (κ1) is 14.0. The molecule has 2 aromatic rings. The van der Waals surface area contributed by atoms with Gasteiger partial charge in [-0.05, 0) is 60.8 Å². The lowest BCUT2D eigenvalue weighted by Gasteiger charge is -2.66. The summed E-state index contributed by atoms with van der Waals surface area (Å²) < 4.78 is 0. The highest BCUT2D eigenvalue weighted by Crippen LogP contribution is 2.63. The van der Waals surface area contributed by atoms with Crippen molar-refractivity contribution < 1.29 is 0 Å². The van der Waals surface area contributed by atoms with E-state index in [2.05, 4.69) is 52.3 Å². The minimum atomic E-state index is 0.00366. The van der Waals surface area contributed by atoms with Crippen LogP contribution in [0.4, 0.5) is 0 Å². The number of hydrogen-bond acceptors (Lipinski definition) is 2. The lowest BCUT2D eigenvalue weighted by atomic mass is 9.65. The zero-order valence-electron chi connectivity index (χ0n) is 15.6. The van der Waals surface area contributed by atoms with Gasteiger partial charge in [0.25, 0.3) is 0 Å². The van der Waals surface area contributed by atoms with Crippen molar-refractivity contribution >= 4 is 0 Å². The first-order valence-electron chi connectivity index (χ1n) is 10.8. The molecular weight excluding hydrogens is 328 g/mol. The zero-order valence-corrected chi connectivity index (χ0v) is 15.6. The fraction of sp³-hybridized carbons (Fsp3) is 0.440. The van der Waals surface area contributed by atoms with Crippen LogP contribution in [-0.4, -0.2) is 27.9 Å². The maximum absolute atomic E-state index is 3.02. The van der Waals surface area contributed by atoms with Gasteiger partial charge in [-0.2, -0.15) is 0 Å². The standard InChI is InChI=1S/C25H24N2/c1-3-15-11-16-4-2-6-18-13-20-8-10-22-14-21-9-7-19-12-17(5-1)23(15)25(24(16)18,26(19)21)27(20)22/h1-6,9,19-20,22H,7-8,10-14H2/t19?,20?,22?,25-/m0/s1. The van der Waals surface area contributed by atoms with E-state index in [1.807, 2.05) is 0 Å². The molecule has 27 heavy (non-hydrogen) atoms. The molecule has 5 heterocycles. The van der Waals surface area contributed by atoms with E-state index >= 15 is 0 Å². The van der Waals surface area contributed by atoms with Gasteiger partial charge in [-0.3, -0.25) is 4.90 Å². The molecule has 0 amide bonds. The van der Waals surface area contributed by atoms with Crippen LogP contribution in [-0.2, 0) is 24.9 Å². The monoisotopic (exact) mass is 352 g/mol. The third-order valence-electron chi connectivity index (χ3n) is 8.55. The Hall–Kier alpha value is -2.06. The second-order valence-electron chi connectivity index (χ2n) is 9.61. The molecule has 2 saturated heterocycles. The SMILES string of the molecule is C1=C2CC3CCC4Cc5cccc6c5[C@]5(c7c(cccc7CC(C1)N25)C6)N34. The molecule has 2 nitrogen and oxygen atoms in total. The van der Waals surface area contributed by atoms with Gasteiger partial charge >= 0.3 is 0 Å². The van der Waals surface area contributed by atoms with Crippen LogP contribution in [0.15, 0.2) is 48.2 Å². The van der Waals surface area contributed by atoms with Crippen LogP contribution < -0.4 is 0 Å². The van der Waals surface area contributed by atoms with Crippen molar-refractivity contribution in [1.29, 1.82) is 0 Å². The molecule has 4 atom stereocenters. The van der Waals surface area contributed by atoms with E-state index in [0.717, 1.165) is 18.5 Å². The van der Waals surface area contributed by atoms with Crippen LogP contribution in [0.1, 0.15) is 59.1 Å². The van der Waals surface area contributed by atoms with Crippen molar-refractivity contribution in [3.8, 4) is 0 Å². The fourth-order valence-electron chi connectivity index (χ4n) is 7.97. The molecule has 134 valence electrons. The largest absolute Gasteiger partial charge is 0.346 e. The third-order valence-corrected chi connectivity index (χ3v) is 8.55. The van der Waals surface area contributed by atoms with E-state index in [1.165, 1.54) is 38.5 Å². The summed E-state index contributed by atoms with van der Waals surface area (Å²) in [6.07, 6.45) is 11.5. The average molecular weight is 352 g/mol. The van der Waals surface area contributed by atoms with Crippen LogP contribution >= 0.6 is 0 Å². The summed E-state index contributed by atoms with van der Waals surface area (Å²) in [5.41, 5.74) is 11.5. The minimum Gasteiger partial charge on any atom is -0.346 e. The summed E-state index contributed by atoms with van der Waals surface area (Å²) in [5.74, 6) is 0. The van der Waals surface area contributed by atoms with Gasteiger partial charge in [0.2, 0.25) is 0 Å². The quantitative estimate of drug-likeness (QED) is 0.704. The predicted molar refractivity (Wildman–Crippen MR) is 105 cm³/mol. The Labute approximate surface area is 160 Å². The molecule has 1 spiro atoms. The number of nitrogens with zero attached hydrogens (tertiary/aromatic N) is 2. The number of rotatable bonds is 0. The van der Waals surface area contributed by atoms with Crippen LogP contribution in [0.2, 0.25) is 0 Å². The Morgan fingerprint density at radius 1 is 0.741 bits per heavy atom. The highest BCUT2D eigenvalue weighted by Gasteiger charge is 2.65. The van der Waals surface area contributed by atoms with Crippen LogP contribution in [0.25, 0.3) is 0 Å². The molecule has 0 saturated carbocycles. The minimum absolute atomic E-state index is 0.00366. The van der Waals surface area contributed by atoms with Gasteiger partial charge in [0.1, 0.15) is 5.66 Å². The molecular formula is C25H24N2. The number of hydrogen-bond donors (Lipinski definition) is 0. The van der Waals surface area contributed by atoms with Crippen LogP contribution in [0.3, 0.4) is 0 Å². The van der Waals surface area contributed by atoms with Crippen molar-refractivity contribution in [2.75, 3.05) is 0 Å². The van der Waals surface area contributed by atoms with Gasteiger partial charge in [0.05, 0.1) is 0 Å². The molecule has 0 N–H and O–H groups in total. The maximum Gasteiger partial charge on any atom is 0.148 e. The Morgan fingerprint density at radius 2 is 1.37 bits per heavy atom. The molecule has 2 aromatic carbocycles. The zero-order chi connectivity index (χ0) is 17.3. The highest BCUT2D eigenvalue weighted by molar-refractivity contribution is 5.62. The molecule has 2 heteroatoms. The van der Waals surface area contributed by atoms with Gasteiger partial charge < -0.3 is 4.90 Å². The van der Waals surface area contributed by atoms with Crippen molar-refractivity contribution in [3.63, 3.8) is 0 Å². The van der Waals surface area contributed by atoms with Crippen molar-refractivity contribution in [2.45, 2.75) is 68.7 Å². The first-order valence-corrected chi connectivity index (χ1v) is 10.8. The summed E-state index contributed by atoms with van der Waals surface area (Å²) in [7, 11) is 0. The van der Waals surface area contributed by atoms with Crippen molar-refractivity contribution in [2.24, 2.45) is 0 Å². The first-order chi connectivity index (χ1) is 13.4. The fourth-order valence-corrected chi connectivity index (χ4v) is 7.97. The second kappa shape index (κ2) is 4.33. The summed E-state index contributed by atoms with van der Waals surface area (Å²) in [4.78, 5) is 5.95. The van der Waals surface area contributed by atoms with Crippen molar-refractivity contribution in [3.05, 3.63) is 81.6 Å². The van der Waals surface area contributed by atoms with Gasteiger partial charge in [0, 0.05) is 41.4 Å². The molecule has 8 rings (SSSR count). The van der Waals surface area contributed by atoms with Crippen LogP contribution in [0, 0.1) is 0 Å². The summed E-state index contributed by atoms with van der Waals surface area (Å²) >= 11 is 0. The summed E-state index contributed by atoms with van der Waals surface area (Å²) in [5, 5.41) is 0. The molecule has 5 aliphatic heterocycles. The molecule has 3 unspecified atom stereocenters. The van der Waals surface area contributed by atoms with Gasteiger partial charge in [-0.15, -0.1) is 0 Å². The van der Waals surface area contributed by atoms with E-state index in [1.54, 1.807) is 39.1 Å². The topological polar surface area (TPSA) is 6.48 Å². The van der Waals surface area contributed by atoms with Crippen LogP contribution in [0.5, 0.6) is 0 Å². The van der Waals surface area contributed by atoms with Crippen molar-refractivity contribution in [1.82, 2.24) is 9.80 Å². The van der Waals surface area contributed by atoms with E-state index in [-0.39, 0.29) is 5.66 Å². The predicted octanol–water partition coefficient (Wildman–Crippen LogP) is 4.10. The molecule has 0 aromatic heterocycles. The molecule has 1 aliphatic carbocycles. The Bertz CT molecular complexity index is 1050. The third kappa shape index (κ3) is 1.36. The highest BCUT2D eigenvalue weighted by atomic mass is 15.5. The Kier molecular flexibility index (Phi) is 2.25. The summed E-state index contributed by atoms with van der Waals surface area (Å²) in [6.45, 7) is 0. The average Bonchev–Trinajstić information content (AvgIpc) is 3.28. The van der Waals surface area contributed by atoms with E-state index in [9.17, 15) is 0 Å². The van der Waals surface area contributed by atoms with Gasteiger partial charge in [-0.1, -0.05) is 42.5 Å². The normalized spacial score (nSPS) is 36.4. The Balaban J connectivity index is 1.59. The maximum atomic E-state index is 3.02. The lowest BCUT2D eigenvalue weighted by Crippen LogP contribution is -2.71. The Morgan fingerprint density at radius 3 is 2.11 bits per heavy atom. The number of benzene rings is 2. The smallest absolute Gasteiger partial charge is 0.148 e. The summed E-state index contributed by atoms with van der Waals surface area (Å²) in [6, 6.07) is 16.5. The van der Waals surface area contributed by atoms with Gasteiger partial charge in [0.15, 0.2) is 0 Å². The van der Waals surface area contributed by atoms with E-state index in [0.29, 0.717) is 6.04 Å². The molecule has 0 bridgehead atoms. The second-order valence-corrected chi connectivity index (χ2v) is 9.61. The van der Waals surface area contributed by atoms with Gasteiger partial charge in [-0.25, -0.2) is 0 Å². The van der Waals surface area contributed by atoms with E-state index < -0.39 is 0 Å².